The summed E-state index contributed by atoms with van der Waals surface area (Å²) >= 11 is 0. The first-order valence-electron chi connectivity index (χ1n) is 7.42. The van der Waals surface area contributed by atoms with Crippen LogP contribution in [0.1, 0.15) is 29.7 Å². The third-order valence-electron chi connectivity index (χ3n) is 3.74. The van der Waals surface area contributed by atoms with Crippen molar-refractivity contribution >= 4 is 5.95 Å². The summed E-state index contributed by atoms with van der Waals surface area (Å²) in [5.41, 5.74) is 3.47. The Morgan fingerprint density at radius 2 is 2.24 bits per heavy atom. The number of anilines is 1. The average Bonchev–Trinajstić information content (AvgIpc) is 3.19. The first-order valence-corrected chi connectivity index (χ1v) is 7.42. The van der Waals surface area contributed by atoms with Gasteiger partial charge in [-0.25, -0.2) is 9.97 Å². The van der Waals surface area contributed by atoms with Gasteiger partial charge in [-0.05, 0) is 30.5 Å². The summed E-state index contributed by atoms with van der Waals surface area (Å²) < 4.78 is 5.81. The van der Waals surface area contributed by atoms with Gasteiger partial charge in [0.05, 0.1) is 11.8 Å². The molecule has 4 rings (SSSR count). The zero-order chi connectivity index (χ0) is 14.1. The highest BCUT2D eigenvalue weighted by Gasteiger charge is 2.23. The van der Waals surface area contributed by atoms with Gasteiger partial charge in [0.1, 0.15) is 5.75 Å². The van der Waals surface area contributed by atoms with Gasteiger partial charge in [0.2, 0.25) is 5.95 Å². The molecule has 2 aliphatic rings. The van der Waals surface area contributed by atoms with Gasteiger partial charge in [-0.15, -0.1) is 0 Å². The third kappa shape index (κ3) is 2.97. The second-order valence-electron chi connectivity index (χ2n) is 5.59. The van der Waals surface area contributed by atoms with Crippen molar-refractivity contribution in [2.24, 2.45) is 0 Å². The highest BCUT2D eigenvalue weighted by molar-refractivity contribution is 5.35. The van der Waals surface area contributed by atoms with Gasteiger partial charge >= 0.3 is 0 Å². The van der Waals surface area contributed by atoms with Gasteiger partial charge < -0.3 is 15.4 Å². The van der Waals surface area contributed by atoms with E-state index in [-0.39, 0.29) is 0 Å². The number of hydrogen-bond donors (Lipinski definition) is 2. The van der Waals surface area contributed by atoms with Crippen molar-refractivity contribution in [1.29, 1.82) is 0 Å². The van der Waals surface area contributed by atoms with Crippen LogP contribution in [-0.2, 0) is 19.6 Å². The Hall–Kier alpha value is -2.14. The molecular formula is C16H18N4O. The molecule has 1 aromatic carbocycles. The Morgan fingerprint density at radius 3 is 3.14 bits per heavy atom. The van der Waals surface area contributed by atoms with Crippen molar-refractivity contribution in [3.63, 3.8) is 0 Å². The maximum atomic E-state index is 5.81. The number of nitrogens with one attached hydrogen (secondary N) is 2. The number of ether oxygens (including phenoxy) is 1. The van der Waals surface area contributed by atoms with Gasteiger partial charge in [0.15, 0.2) is 0 Å². The number of rotatable bonds is 5. The first-order chi connectivity index (χ1) is 10.4. The summed E-state index contributed by atoms with van der Waals surface area (Å²) in [5, 5.41) is 6.55. The largest absolute Gasteiger partial charge is 0.490 e. The number of aromatic nitrogens is 2. The quantitative estimate of drug-likeness (QED) is 0.880. The fourth-order valence-corrected chi connectivity index (χ4v) is 2.43. The molecule has 0 bridgehead atoms. The van der Waals surface area contributed by atoms with Crippen molar-refractivity contribution in [3.8, 4) is 5.75 Å². The number of nitrogens with zero attached hydrogens (tertiary/aromatic N) is 2. The van der Waals surface area contributed by atoms with Gasteiger partial charge in [-0.2, -0.15) is 0 Å². The van der Waals surface area contributed by atoms with Crippen LogP contribution in [0.2, 0.25) is 0 Å². The van der Waals surface area contributed by atoms with Crippen molar-refractivity contribution < 1.29 is 4.74 Å². The Kier molecular flexibility index (Phi) is 3.20. The predicted molar refractivity (Wildman–Crippen MR) is 80.0 cm³/mol. The molecule has 2 aromatic rings. The van der Waals surface area contributed by atoms with Crippen LogP contribution in [-0.4, -0.2) is 16.1 Å². The molecule has 5 heteroatoms. The van der Waals surface area contributed by atoms with E-state index in [2.05, 4.69) is 32.7 Å². The molecule has 21 heavy (non-hydrogen) atoms. The highest BCUT2D eigenvalue weighted by atomic mass is 16.5. The van der Waals surface area contributed by atoms with Gasteiger partial charge in [-0.3, -0.25) is 0 Å². The second kappa shape index (κ2) is 5.33. The summed E-state index contributed by atoms with van der Waals surface area (Å²) in [6.45, 7) is 2.40. The molecule has 0 saturated heterocycles. The molecule has 0 atom stereocenters. The van der Waals surface area contributed by atoms with Gasteiger partial charge in [-0.1, -0.05) is 12.1 Å². The summed E-state index contributed by atoms with van der Waals surface area (Å²) in [7, 11) is 0. The monoisotopic (exact) mass is 282 g/mol. The van der Waals surface area contributed by atoms with E-state index in [1.807, 2.05) is 18.3 Å². The fraction of sp³-hybridized carbons (Fsp3) is 0.375. The van der Waals surface area contributed by atoms with E-state index < -0.39 is 0 Å². The van der Waals surface area contributed by atoms with Gasteiger partial charge in [0.25, 0.3) is 0 Å². The third-order valence-corrected chi connectivity index (χ3v) is 3.74. The molecule has 1 fully saturated rings. The molecule has 1 saturated carbocycles. The Labute approximate surface area is 123 Å². The lowest BCUT2D eigenvalue weighted by Gasteiger charge is -2.09. The summed E-state index contributed by atoms with van der Waals surface area (Å²) in [4.78, 5) is 8.89. The summed E-state index contributed by atoms with van der Waals surface area (Å²) in [6, 6.07) is 8.21. The lowest BCUT2D eigenvalue weighted by molar-refractivity contribution is 0.303. The maximum absolute atomic E-state index is 5.81. The van der Waals surface area contributed by atoms with Crippen molar-refractivity contribution in [2.45, 2.75) is 38.6 Å². The molecule has 1 aromatic heterocycles. The zero-order valence-electron chi connectivity index (χ0n) is 11.8. The molecular weight excluding hydrogens is 264 g/mol. The van der Waals surface area contributed by atoms with E-state index in [9.17, 15) is 0 Å². The molecule has 0 spiro atoms. The van der Waals surface area contributed by atoms with Crippen molar-refractivity contribution in [3.05, 3.63) is 47.3 Å². The maximum Gasteiger partial charge on any atom is 0.223 e. The van der Waals surface area contributed by atoms with Crippen LogP contribution in [0, 0.1) is 0 Å². The lowest BCUT2D eigenvalue weighted by Crippen LogP contribution is -2.06. The highest BCUT2D eigenvalue weighted by Crippen LogP contribution is 2.27. The molecule has 0 amide bonds. The van der Waals surface area contributed by atoms with Crippen LogP contribution in [0.5, 0.6) is 5.75 Å². The van der Waals surface area contributed by atoms with Crippen LogP contribution in [0.4, 0.5) is 5.95 Å². The minimum atomic E-state index is 0.431. The average molecular weight is 282 g/mol. The van der Waals surface area contributed by atoms with E-state index in [0.717, 1.165) is 24.5 Å². The number of fused-ring (bicyclic) bond motifs is 1. The van der Waals surface area contributed by atoms with Crippen LogP contribution in [0.3, 0.4) is 0 Å². The van der Waals surface area contributed by atoms with Gasteiger partial charge in [0, 0.05) is 31.4 Å². The molecule has 108 valence electrons. The van der Waals surface area contributed by atoms with E-state index >= 15 is 0 Å². The zero-order valence-corrected chi connectivity index (χ0v) is 11.8. The molecule has 1 aliphatic carbocycles. The standard InChI is InChI=1S/C16H18N4O/c1-2-11(6-14(3-1)21-13-4-5-13)7-18-16-19-9-12-8-17-10-15(12)20-16/h1-3,6,9,13,17H,4-5,7-8,10H2,(H,18,19,20). The molecule has 0 unspecified atom stereocenters. The van der Waals surface area contributed by atoms with Crippen LogP contribution < -0.4 is 15.4 Å². The minimum absolute atomic E-state index is 0.431. The van der Waals surface area contributed by atoms with Crippen LogP contribution >= 0.6 is 0 Å². The number of hydrogen-bond acceptors (Lipinski definition) is 5. The normalized spacial score (nSPS) is 16.6. The minimum Gasteiger partial charge on any atom is -0.490 e. The Morgan fingerprint density at radius 1 is 1.29 bits per heavy atom. The summed E-state index contributed by atoms with van der Waals surface area (Å²) in [6.07, 6.45) is 4.69. The number of benzene rings is 1. The van der Waals surface area contributed by atoms with E-state index in [1.165, 1.54) is 24.0 Å². The van der Waals surface area contributed by atoms with E-state index in [0.29, 0.717) is 18.6 Å². The molecule has 1 aliphatic heterocycles. The van der Waals surface area contributed by atoms with Crippen molar-refractivity contribution in [2.75, 3.05) is 5.32 Å². The smallest absolute Gasteiger partial charge is 0.223 e. The van der Waals surface area contributed by atoms with Crippen LogP contribution in [0.25, 0.3) is 0 Å². The summed E-state index contributed by atoms with van der Waals surface area (Å²) in [5.74, 6) is 1.64. The Bertz CT molecular complexity index is 654. The fourth-order valence-electron chi connectivity index (χ4n) is 2.43. The molecule has 2 heterocycles. The second-order valence-corrected chi connectivity index (χ2v) is 5.59. The van der Waals surface area contributed by atoms with Crippen molar-refractivity contribution in [1.82, 2.24) is 15.3 Å². The molecule has 5 nitrogen and oxygen atoms in total. The topological polar surface area (TPSA) is 59.1 Å². The predicted octanol–water partition coefficient (Wildman–Crippen LogP) is 2.23. The molecule has 0 radical (unpaired) electrons. The van der Waals surface area contributed by atoms with Crippen LogP contribution in [0.15, 0.2) is 30.5 Å². The SMILES string of the molecule is c1cc(CNc2ncc3c(n2)CNC3)cc(OC2CC2)c1. The molecule has 2 N–H and O–H groups in total. The first kappa shape index (κ1) is 12.6. The lowest BCUT2D eigenvalue weighted by atomic mass is 10.2. The Balaban J connectivity index is 1.41. The van der Waals surface area contributed by atoms with E-state index in [1.54, 1.807) is 0 Å². The van der Waals surface area contributed by atoms with E-state index in [4.69, 9.17) is 4.74 Å².